The van der Waals surface area contributed by atoms with Crippen molar-refractivity contribution < 1.29 is 34.8 Å². The van der Waals surface area contributed by atoms with Gasteiger partial charge in [-0.05, 0) is 76.3 Å². The first-order chi connectivity index (χ1) is 18.4. The molecule has 2 fully saturated rings. The van der Waals surface area contributed by atoms with Crippen LogP contribution in [0.2, 0.25) is 0 Å². The van der Waals surface area contributed by atoms with Gasteiger partial charge in [-0.2, -0.15) is 0 Å². The van der Waals surface area contributed by atoms with Crippen molar-refractivity contribution in [1.82, 2.24) is 9.80 Å². The Labute approximate surface area is 227 Å². The number of Topliss-reactive ketones (excluding diaryl/α,β-unsaturated/α-hetero) is 2. The third kappa shape index (κ3) is 3.99. The Morgan fingerprint density at radius 3 is 2.38 bits per heavy atom. The van der Waals surface area contributed by atoms with Gasteiger partial charge in [0.15, 0.2) is 11.4 Å². The maximum absolute atomic E-state index is 14.0. The number of nitrogens with zero attached hydrogens (tertiary/aromatic N) is 2. The van der Waals surface area contributed by atoms with Crippen LogP contribution >= 0.6 is 0 Å². The second-order valence-electron chi connectivity index (χ2n) is 11.5. The highest BCUT2D eigenvalue weighted by Gasteiger charge is 2.64. The monoisotopic (exact) mass is 539 g/mol. The topological polar surface area (TPSA) is 165 Å². The Balaban J connectivity index is 1.67. The number of nitrogens with two attached hydrogens (primary N) is 1. The number of phenols is 1. The molecule has 6 N–H and O–H groups in total. The number of aliphatic hydroxyl groups excluding tert-OH is 2. The number of carbonyl (C=O) groups excluding carboxylic acids is 3. The number of piperidine rings is 1. The van der Waals surface area contributed by atoms with Crippen molar-refractivity contribution >= 4 is 23.2 Å². The van der Waals surface area contributed by atoms with E-state index in [4.69, 9.17) is 5.73 Å². The summed E-state index contributed by atoms with van der Waals surface area (Å²) in [7, 11) is 3.18. The molecule has 1 aliphatic heterocycles. The molecule has 1 amide bonds. The summed E-state index contributed by atoms with van der Waals surface area (Å²) in [6.07, 6.45) is 4.39. The number of amides is 1. The lowest BCUT2D eigenvalue weighted by Gasteiger charge is -2.50. The van der Waals surface area contributed by atoms with Gasteiger partial charge in [-0.1, -0.05) is 19.4 Å². The van der Waals surface area contributed by atoms with Crippen molar-refractivity contribution in [2.75, 3.05) is 27.2 Å². The number of ketones is 2. The number of aliphatic hydroxyl groups is 3. The number of likely N-dealkylation sites (N-methyl/N-ethyl adjacent to an activating group) is 1. The van der Waals surface area contributed by atoms with Gasteiger partial charge in [0.1, 0.15) is 22.8 Å². The summed E-state index contributed by atoms with van der Waals surface area (Å²) in [4.78, 5) is 43.1. The smallest absolute Gasteiger partial charge is 0.255 e. The predicted molar refractivity (Wildman–Crippen MR) is 143 cm³/mol. The number of aryl methyl sites for hydroxylation is 1. The minimum atomic E-state index is -2.63. The molecule has 1 aromatic carbocycles. The average molecular weight is 540 g/mol. The molecule has 1 aromatic rings. The molecule has 0 unspecified atom stereocenters. The Morgan fingerprint density at radius 2 is 1.79 bits per heavy atom. The van der Waals surface area contributed by atoms with Gasteiger partial charge in [0.25, 0.3) is 5.91 Å². The molecule has 0 spiro atoms. The van der Waals surface area contributed by atoms with Gasteiger partial charge in [0.2, 0.25) is 5.78 Å². The first-order valence-corrected chi connectivity index (χ1v) is 13.7. The third-order valence-electron chi connectivity index (χ3n) is 9.12. The number of likely N-dealkylation sites (tertiary alicyclic amines) is 1. The minimum absolute atomic E-state index is 0.0885. The largest absolute Gasteiger partial charge is 0.508 e. The van der Waals surface area contributed by atoms with E-state index in [1.54, 1.807) is 14.1 Å². The number of aromatic hydroxyl groups is 1. The van der Waals surface area contributed by atoms with Crippen molar-refractivity contribution in [3.05, 3.63) is 45.2 Å². The third-order valence-corrected chi connectivity index (χ3v) is 9.12. The van der Waals surface area contributed by atoms with Crippen molar-refractivity contribution in [2.24, 2.45) is 17.6 Å². The number of carbonyl (C=O) groups is 3. The summed E-state index contributed by atoms with van der Waals surface area (Å²) < 4.78 is 0. The molecule has 0 aromatic heterocycles. The van der Waals surface area contributed by atoms with Crippen LogP contribution in [0.1, 0.15) is 54.9 Å². The molecule has 4 atom stereocenters. The second kappa shape index (κ2) is 9.76. The van der Waals surface area contributed by atoms with E-state index < -0.39 is 58.0 Å². The van der Waals surface area contributed by atoms with Gasteiger partial charge < -0.3 is 26.2 Å². The molecule has 39 heavy (non-hydrogen) atoms. The van der Waals surface area contributed by atoms with E-state index in [-0.39, 0.29) is 23.3 Å². The Hall–Kier alpha value is -3.21. The summed E-state index contributed by atoms with van der Waals surface area (Å²) in [6.45, 7) is 4.34. The number of hydrogen-bond acceptors (Lipinski definition) is 9. The van der Waals surface area contributed by atoms with Crippen LogP contribution in [0.3, 0.4) is 0 Å². The van der Waals surface area contributed by atoms with Crippen LogP contribution < -0.4 is 5.73 Å². The van der Waals surface area contributed by atoms with Crippen LogP contribution in [0.25, 0.3) is 5.76 Å². The number of phenolic OH excluding ortho intramolecular Hbond substituents is 1. The number of fused-ring (bicyclic) bond motifs is 3. The molecule has 3 aliphatic carbocycles. The number of rotatable bonds is 5. The maximum atomic E-state index is 14.0. The zero-order valence-electron chi connectivity index (χ0n) is 22.7. The lowest BCUT2D eigenvalue weighted by atomic mass is 9.57. The fourth-order valence-corrected chi connectivity index (χ4v) is 7.24. The van der Waals surface area contributed by atoms with Gasteiger partial charge in [0, 0.05) is 23.6 Å². The summed E-state index contributed by atoms with van der Waals surface area (Å²) in [5, 5.41) is 45.7. The second-order valence-corrected chi connectivity index (χ2v) is 11.5. The zero-order valence-corrected chi connectivity index (χ0v) is 22.7. The maximum Gasteiger partial charge on any atom is 0.255 e. The number of benzene rings is 1. The van der Waals surface area contributed by atoms with Crippen LogP contribution in [0, 0.1) is 11.8 Å². The zero-order chi connectivity index (χ0) is 28.4. The van der Waals surface area contributed by atoms with Crippen molar-refractivity contribution in [2.45, 2.75) is 63.6 Å². The molecule has 0 bridgehead atoms. The van der Waals surface area contributed by atoms with E-state index in [1.807, 2.05) is 13.0 Å². The van der Waals surface area contributed by atoms with Crippen molar-refractivity contribution in [3.8, 4) is 5.75 Å². The van der Waals surface area contributed by atoms with E-state index in [1.165, 1.54) is 11.3 Å². The highest BCUT2D eigenvalue weighted by molar-refractivity contribution is 6.24. The predicted octanol–water partition coefficient (Wildman–Crippen LogP) is 1.51. The van der Waals surface area contributed by atoms with E-state index in [2.05, 4.69) is 4.90 Å². The summed E-state index contributed by atoms with van der Waals surface area (Å²) in [6, 6.07) is 0.885. The van der Waals surface area contributed by atoms with Gasteiger partial charge in [0.05, 0.1) is 11.6 Å². The molecule has 5 rings (SSSR count). The van der Waals surface area contributed by atoms with Crippen LogP contribution in [-0.4, -0.2) is 86.5 Å². The fraction of sp³-hybridized carbons (Fsp3) is 0.552. The first kappa shape index (κ1) is 27.4. The van der Waals surface area contributed by atoms with E-state index in [9.17, 15) is 34.8 Å². The number of hydrogen-bond donors (Lipinski definition) is 5. The normalized spacial score (nSPS) is 29.4. The van der Waals surface area contributed by atoms with Gasteiger partial charge in [-0.15, -0.1) is 0 Å². The van der Waals surface area contributed by atoms with Crippen LogP contribution in [-0.2, 0) is 33.8 Å². The van der Waals surface area contributed by atoms with Gasteiger partial charge in [-0.25, -0.2) is 0 Å². The molecule has 1 saturated heterocycles. The Morgan fingerprint density at radius 1 is 1.13 bits per heavy atom. The molecule has 4 aliphatic rings. The fourth-order valence-electron chi connectivity index (χ4n) is 7.24. The average Bonchev–Trinajstić information content (AvgIpc) is 2.88. The first-order valence-electron chi connectivity index (χ1n) is 13.7. The molecule has 1 saturated carbocycles. The minimum Gasteiger partial charge on any atom is -0.508 e. The summed E-state index contributed by atoms with van der Waals surface area (Å²) >= 11 is 0. The quantitative estimate of drug-likeness (QED) is 0.349. The van der Waals surface area contributed by atoms with E-state index in [0.717, 1.165) is 37.1 Å². The number of primary amides is 1. The standard InChI is InChI=1S/C29H37N3O7/c1-4-14-10-16(13-32-8-6-5-7-9-32)23(33)20-17(14)11-15-12-18-22(31(2)3)25(35)21(28(30)38)27(37)29(18,39)26(36)19(15)24(20)34/h10,15,18,22,33-34,37,39H,4-9,11-13H2,1-3H3,(H2,30,38)/t15-,18-,22-,29-/m0/s1. The molecule has 0 radical (unpaired) electrons. The van der Waals surface area contributed by atoms with Crippen LogP contribution in [0.15, 0.2) is 23.0 Å². The van der Waals surface area contributed by atoms with E-state index >= 15 is 0 Å². The van der Waals surface area contributed by atoms with Crippen molar-refractivity contribution in [3.63, 3.8) is 0 Å². The molecule has 10 nitrogen and oxygen atoms in total. The molecule has 1 heterocycles. The van der Waals surface area contributed by atoms with Crippen molar-refractivity contribution in [1.29, 1.82) is 0 Å². The highest BCUT2D eigenvalue weighted by Crippen LogP contribution is 2.53. The molecular weight excluding hydrogens is 502 g/mol. The van der Waals surface area contributed by atoms with Gasteiger partial charge in [-0.3, -0.25) is 24.2 Å². The van der Waals surface area contributed by atoms with Crippen LogP contribution in [0.4, 0.5) is 0 Å². The summed E-state index contributed by atoms with van der Waals surface area (Å²) in [5.41, 5.74) is 4.37. The van der Waals surface area contributed by atoms with Crippen LogP contribution in [0.5, 0.6) is 5.75 Å². The summed E-state index contributed by atoms with van der Waals surface area (Å²) in [5.74, 6) is -6.23. The SMILES string of the molecule is CCc1cc(CN2CCCCC2)c(O)c2c1C[C@H]1C[C@H]3[C@H](N(C)C)C(=O)C(C(N)=O)=C(O)[C@@]3(O)C(=O)C1=C2O. The van der Waals surface area contributed by atoms with E-state index in [0.29, 0.717) is 24.9 Å². The highest BCUT2D eigenvalue weighted by atomic mass is 16.3. The Bertz CT molecular complexity index is 1320. The lowest BCUT2D eigenvalue weighted by Crippen LogP contribution is -2.65. The molecule has 210 valence electrons. The Kier molecular flexibility index (Phi) is 6.85. The lowest BCUT2D eigenvalue weighted by molar-refractivity contribution is -0.153. The van der Waals surface area contributed by atoms with Gasteiger partial charge >= 0.3 is 0 Å². The molecule has 10 heteroatoms. The molecular formula is C29H37N3O7.